The summed E-state index contributed by atoms with van der Waals surface area (Å²) in [6, 6.07) is 11.3. The molecule has 10 heteroatoms. The smallest absolute Gasteiger partial charge is 0.262 e. The lowest BCUT2D eigenvalue weighted by Gasteiger charge is -2.26. The fraction of sp³-hybridized carbons (Fsp3) is 0.318. The van der Waals surface area contributed by atoms with Crippen molar-refractivity contribution in [3.05, 3.63) is 53.7 Å². The number of ether oxygens (including phenoxy) is 2. The summed E-state index contributed by atoms with van der Waals surface area (Å²) >= 11 is 6.13. The summed E-state index contributed by atoms with van der Waals surface area (Å²) in [5.74, 6) is 0.0674. The van der Waals surface area contributed by atoms with Crippen LogP contribution in [-0.4, -0.2) is 45.2 Å². The average molecular weight is 476 g/mol. The van der Waals surface area contributed by atoms with Crippen LogP contribution < -0.4 is 10.0 Å². The van der Waals surface area contributed by atoms with E-state index in [9.17, 15) is 13.2 Å². The van der Waals surface area contributed by atoms with Crippen LogP contribution >= 0.6 is 11.6 Å². The van der Waals surface area contributed by atoms with E-state index in [1.54, 1.807) is 36.5 Å². The van der Waals surface area contributed by atoms with Crippen LogP contribution in [0.2, 0.25) is 5.02 Å². The van der Waals surface area contributed by atoms with Crippen LogP contribution in [0.25, 0.3) is 10.9 Å². The van der Waals surface area contributed by atoms with E-state index in [-0.39, 0.29) is 22.6 Å². The Balaban J connectivity index is 1.34. The number of para-hydroxylation sites is 1. The molecule has 8 nitrogen and oxygen atoms in total. The molecule has 2 aromatic carbocycles. The lowest BCUT2D eigenvalue weighted by atomic mass is 9.86. The maximum Gasteiger partial charge on any atom is 0.262 e. The second kappa shape index (κ2) is 8.40. The molecule has 2 aliphatic heterocycles. The number of hydrogen-bond donors (Lipinski definition) is 3. The first-order chi connectivity index (χ1) is 15.4. The summed E-state index contributed by atoms with van der Waals surface area (Å²) in [7, 11) is -3.90. The fourth-order valence-corrected chi connectivity index (χ4v) is 5.70. The Morgan fingerprint density at radius 1 is 1.16 bits per heavy atom. The maximum absolute atomic E-state index is 13.0. The highest BCUT2D eigenvalue weighted by molar-refractivity contribution is 7.92. The van der Waals surface area contributed by atoms with Crippen LogP contribution in [0.5, 0.6) is 0 Å². The molecule has 3 aromatic rings. The number of rotatable bonds is 5. The van der Waals surface area contributed by atoms with E-state index < -0.39 is 16.1 Å². The van der Waals surface area contributed by atoms with Gasteiger partial charge in [0.2, 0.25) is 0 Å². The predicted octanol–water partition coefficient (Wildman–Crippen LogP) is 3.61. The van der Waals surface area contributed by atoms with Crippen LogP contribution in [0.1, 0.15) is 6.42 Å². The third-order valence-electron chi connectivity index (χ3n) is 5.99. The van der Waals surface area contributed by atoms with E-state index in [2.05, 4.69) is 15.0 Å². The summed E-state index contributed by atoms with van der Waals surface area (Å²) in [4.78, 5) is 15.8. The second-order valence-electron chi connectivity index (χ2n) is 8.03. The Morgan fingerprint density at radius 2 is 2.00 bits per heavy atom. The molecule has 0 unspecified atom stereocenters. The fourth-order valence-electron chi connectivity index (χ4n) is 4.37. The summed E-state index contributed by atoms with van der Waals surface area (Å²) in [6.07, 6.45) is 1.82. The number of benzene rings is 2. The van der Waals surface area contributed by atoms with Gasteiger partial charge in [0.25, 0.3) is 15.9 Å². The van der Waals surface area contributed by atoms with Crippen molar-refractivity contribution in [2.24, 2.45) is 11.8 Å². The predicted molar refractivity (Wildman–Crippen MR) is 121 cm³/mol. The average Bonchev–Trinajstić information content (AvgIpc) is 3.38. The zero-order valence-electron chi connectivity index (χ0n) is 17.0. The van der Waals surface area contributed by atoms with Gasteiger partial charge in [-0.25, -0.2) is 8.42 Å². The molecule has 1 aromatic heterocycles. The van der Waals surface area contributed by atoms with E-state index in [1.165, 1.54) is 12.1 Å². The van der Waals surface area contributed by atoms with E-state index >= 15 is 0 Å². The van der Waals surface area contributed by atoms with Gasteiger partial charge in [-0.1, -0.05) is 29.8 Å². The number of carbonyl (C=O) groups is 1. The number of halogens is 1. The number of aromatic nitrogens is 1. The van der Waals surface area contributed by atoms with Crippen molar-refractivity contribution in [3.63, 3.8) is 0 Å². The van der Waals surface area contributed by atoms with Crippen LogP contribution in [-0.2, 0) is 24.3 Å². The maximum atomic E-state index is 13.0. The Bertz CT molecular complexity index is 1280. The summed E-state index contributed by atoms with van der Waals surface area (Å²) in [5.41, 5.74) is 1.36. The largest absolute Gasteiger partial charge is 0.381 e. The van der Waals surface area contributed by atoms with Gasteiger partial charge in [0, 0.05) is 35.7 Å². The van der Waals surface area contributed by atoms with E-state index in [0.29, 0.717) is 41.7 Å². The van der Waals surface area contributed by atoms with Gasteiger partial charge in [-0.3, -0.25) is 9.52 Å². The quantitative estimate of drug-likeness (QED) is 0.522. The van der Waals surface area contributed by atoms with Crippen LogP contribution in [0.3, 0.4) is 0 Å². The number of aromatic amines is 1. The number of carbonyl (C=O) groups excluding carboxylic acids is 1. The summed E-state index contributed by atoms with van der Waals surface area (Å²) < 4.78 is 39.8. The van der Waals surface area contributed by atoms with Gasteiger partial charge in [-0.05, 0) is 30.7 Å². The Labute approximate surface area is 190 Å². The molecule has 2 fully saturated rings. The van der Waals surface area contributed by atoms with E-state index in [0.717, 1.165) is 11.8 Å². The monoisotopic (exact) mass is 475 g/mol. The van der Waals surface area contributed by atoms with Gasteiger partial charge in [-0.2, -0.15) is 0 Å². The summed E-state index contributed by atoms with van der Waals surface area (Å²) in [6.45, 7) is 1.72. The van der Waals surface area contributed by atoms with E-state index in [1.807, 2.05) is 0 Å². The van der Waals surface area contributed by atoms with Crippen molar-refractivity contribution in [2.45, 2.75) is 17.4 Å². The van der Waals surface area contributed by atoms with Crippen molar-refractivity contribution < 1.29 is 22.7 Å². The van der Waals surface area contributed by atoms with Gasteiger partial charge in [-0.15, -0.1) is 0 Å². The first-order valence-electron chi connectivity index (χ1n) is 10.3. The first-order valence-corrected chi connectivity index (χ1v) is 12.2. The number of sulfonamides is 1. The molecule has 0 radical (unpaired) electrons. The lowest BCUT2D eigenvalue weighted by Crippen LogP contribution is -2.37. The highest BCUT2D eigenvalue weighted by atomic mass is 35.5. The molecule has 0 saturated carbocycles. The van der Waals surface area contributed by atoms with Gasteiger partial charge < -0.3 is 19.8 Å². The van der Waals surface area contributed by atoms with Crippen molar-refractivity contribution in [1.29, 1.82) is 0 Å². The molecule has 3 heterocycles. The van der Waals surface area contributed by atoms with Gasteiger partial charge in [0.05, 0.1) is 34.3 Å². The highest BCUT2D eigenvalue weighted by Crippen LogP contribution is 2.34. The molecule has 32 heavy (non-hydrogen) atoms. The standard InChI is InChI=1S/C22H22ClN3O5S/c23-18-10-24-20-17(18)5-2-6-19(20)26-32(28,29)15-4-1-3-14(9-15)25-22(27)21-16-7-8-30-11-13(16)12-31-21/h1-6,9-10,13,16,21,24,26H,7-8,11-12H2,(H,25,27)/t13-,16-,21+/m0/s1. The molecule has 0 spiro atoms. The molecular formula is C22H22ClN3O5S. The molecule has 5 rings (SSSR count). The van der Waals surface area contributed by atoms with Crippen LogP contribution in [0, 0.1) is 11.8 Å². The topological polar surface area (TPSA) is 110 Å². The van der Waals surface area contributed by atoms with Crippen LogP contribution in [0.4, 0.5) is 11.4 Å². The molecule has 0 aliphatic carbocycles. The third-order valence-corrected chi connectivity index (χ3v) is 7.67. The minimum absolute atomic E-state index is 0.0289. The molecule has 0 bridgehead atoms. The van der Waals surface area contributed by atoms with Crippen LogP contribution in [0.15, 0.2) is 53.6 Å². The third kappa shape index (κ3) is 3.97. The molecular weight excluding hydrogens is 454 g/mol. The molecule has 2 saturated heterocycles. The molecule has 3 atom stereocenters. The molecule has 3 N–H and O–H groups in total. The SMILES string of the molecule is O=C(Nc1cccc(S(=O)(=O)Nc2cccc3c(Cl)c[nH]c23)c1)[C@@H]1OC[C@@H]2COCC[C@@H]21. The summed E-state index contributed by atoms with van der Waals surface area (Å²) in [5, 5.41) is 4.03. The Hall–Kier alpha value is -2.59. The number of H-pyrrole nitrogens is 1. The van der Waals surface area contributed by atoms with Crippen molar-refractivity contribution in [3.8, 4) is 0 Å². The normalized spacial score (nSPS) is 23.1. The van der Waals surface area contributed by atoms with Gasteiger partial charge >= 0.3 is 0 Å². The number of hydrogen-bond acceptors (Lipinski definition) is 5. The number of amides is 1. The zero-order valence-corrected chi connectivity index (χ0v) is 18.6. The number of anilines is 2. The van der Waals surface area contributed by atoms with Crippen molar-refractivity contribution >= 4 is 49.8 Å². The van der Waals surface area contributed by atoms with Gasteiger partial charge in [0.1, 0.15) is 6.10 Å². The molecule has 168 valence electrons. The first kappa shape index (κ1) is 21.3. The minimum atomic E-state index is -3.90. The number of fused-ring (bicyclic) bond motifs is 2. The number of nitrogens with one attached hydrogen (secondary N) is 3. The highest BCUT2D eigenvalue weighted by Gasteiger charge is 2.43. The molecule has 1 amide bonds. The second-order valence-corrected chi connectivity index (χ2v) is 10.1. The Kier molecular flexibility index (Phi) is 5.58. The zero-order chi connectivity index (χ0) is 22.3. The molecule has 2 aliphatic rings. The van der Waals surface area contributed by atoms with E-state index in [4.69, 9.17) is 21.1 Å². The van der Waals surface area contributed by atoms with Gasteiger partial charge in [0.15, 0.2) is 0 Å². The minimum Gasteiger partial charge on any atom is -0.381 e. The van der Waals surface area contributed by atoms with Crippen molar-refractivity contribution in [1.82, 2.24) is 4.98 Å². The Morgan fingerprint density at radius 3 is 2.88 bits per heavy atom. The van der Waals surface area contributed by atoms with Crippen molar-refractivity contribution in [2.75, 3.05) is 29.9 Å². The lowest BCUT2D eigenvalue weighted by molar-refractivity contribution is -0.126.